The molecule has 1 aromatic heterocycles. The fourth-order valence-electron chi connectivity index (χ4n) is 1.73. The highest BCUT2D eigenvalue weighted by atomic mass is 16.6. The highest BCUT2D eigenvalue weighted by Gasteiger charge is 2.22. The van der Waals surface area contributed by atoms with Crippen LogP contribution in [-0.4, -0.2) is 40.7 Å². The summed E-state index contributed by atoms with van der Waals surface area (Å²) in [5.41, 5.74) is 0.225. The van der Waals surface area contributed by atoms with Gasteiger partial charge >= 0.3 is 5.69 Å². The molecule has 8 heteroatoms. The fourth-order valence-corrected chi connectivity index (χ4v) is 1.73. The molecule has 1 rings (SSSR count). The fraction of sp³-hybridized carbons (Fsp3) is 0.667. The Morgan fingerprint density at radius 2 is 2.05 bits per heavy atom. The third kappa shape index (κ3) is 4.30. The van der Waals surface area contributed by atoms with Gasteiger partial charge in [-0.05, 0) is 27.7 Å². The average Bonchev–Trinajstić information content (AvgIpc) is 2.36. The lowest BCUT2D eigenvalue weighted by Crippen LogP contribution is -2.21. The van der Waals surface area contributed by atoms with Gasteiger partial charge in [0.15, 0.2) is 0 Å². The molecule has 8 nitrogen and oxygen atoms in total. The van der Waals surface area contributed by atoms with Crippen molar-refractivity contribution in [1.82, 2.24) is 9.97 Å². The van der Waals surface area contributed by atoms with Gasteiger partial charge in [0.2, 0.25) is 11.8 Å². The molecule has 112 valence electrons. The Hall–Kier alpha value is -1.96. The molecule has 0 saturated carbocycles. The number of anilines is 2. The molecule has 0 bridgehead atoms. The van der Waals surface area contributed by atoms with Crippen LogP contribution in [0.5, 0.6) is 0 Å². The van der Waals surface area contributed by atoms with Crippen LogP contribution < -0.4 is 10.6 Å². The Bertz CT molecular complexity index is 467. The molecule has 20 heavy (non-hydrogen) atoms. The molecule has 0 aliphatic heterocycles. The first kappa shape index (κ1) is 16.1. The monoisotopic (exact) mass is 283 g/mol. The minimum Gasteiger partial charge on any atom is -0.377 e. The molecule has 0 saturated heterocycles. The van der Waals surface area contributed by atoms with Crippen LogP contribution >= 0.6 is 0 Å². The molecule has 0 aliphatic rings. The summed E-state index contributed by atoms with van der Waals surface area (Å²) in [5.74, 6) is 0.590. The van der Waals surface area contributed by atoms with E-state index in [4.69, 9.17) is 4.74 Å². The number of rotatable bonds is 8. The lowest BCUT2D eigenvalue weighted by atomic mass is 10.3. The number of ether oxygens (including phenoxy) is 1. The maximum absolute atomic E-state index is 11.1. The molecule has 1 unspecified atom stereocenters. The average molecular weight is 283 g/mol. The van der Waals surface area contributed by atoms with Crippen LogP contribution in [0, 0.1) is 17.0 Å². The molecule has 0 radical (unpaired) electrons. The van der Waals surface area contributed by atoms with E-state index in [1.807, 2.05) is 20.8 Å². The zero-order valence-corrected chi connectivity index (χ0v) is 12.3. The smallest absolute Gasteiger partial charge is 0.332 e. The van der Waals surface area contributed by atoms with Crippen molar-refractivity contribution >= 4 is 17.5 Å². The maximum Gasteiger partial charge on any atom is 0.332 e. The Kier molecular flexibility index (Phi) is 6.10. The second kappa shape index (κ2) is 7.59. The molecule has 2 N–H and O–H groups in total. The lowest BCUT2D eigenvalue weighted by Gasteiger charge is -2.14. The third-order valence-corrected chi connectivity index (χ3v) is 2.58. The minimum atomic E-state index is -0.473. The molecular formula is C12H21N5O3. The molecule has 0 aromatic carbocycles. The first-order chi connectivity index (χ1) is 9.49. The number of aromatic nitrogens is 2. The van der Waals surface area contributed by atoms with Crippen molar-refractivity contribution in [3.8, 4) is 0 Å². The predicted molar refractivity (Wildman–Crippen MR) is 77.2 cm³/mol. The van der Waals surface area contributed by atoms with E-state index < -0.39 is 4.92 Å². The van der Waals surface area contributed by atoms with E-state index >= 15 is 0 Å². The van der Waals surface area contributed by atoms with E-state index in [-0.39, 0.29) is 17.6 Å². The van der Waals surface area contributed by atoms with Gasteiger partial charge < -0.3 is 15.4 Å². The van der Waals surface area contributed by atoms with Gasteiger partial charge in [0.25, 0.3) is 0 Å². The largest absolute Gasteiger partial charge is 0.377 e. The van der Waals surface area contributed by atoms with Crippen LogP contribution in [0.2, 0.25) is 0 Å². The second-order valence-corrected chi connectivity index (χ2v) is 4.26. The normalized spacial score (nSPS) is 12.0. The number of hydrogen-bond donors (Lipinski definition) is 2. The van der Waals surface area contributed by atoms with Gasteiger partial charge in [-0.15, -0.1) is 0 Å². The zero-order valence-electron chi connectivity index (χ0n) is 12.3. The number of nitro groups is 1. The number of nitrogens with one attached hydrogen (secondary N) is 2. The number of nitrogens with zero attached hydrogens (tertiary/aromatic N) is 3. The zero-order chi connectivity index (χ0) is 15.1. The van der Waals surface area contributed by atoms with Gasteiger partial charge in [0.05, 0.1) is 11.0 Å². The SMILES string of the molecule is CCNc1nc(C)c([N+](=O)[O-])c(NCC(C)OCC)n1. The summed E-state index contributed by atoms with van der Waals surface area (Å²) in [6.45, 7) is 8.97. The molecule has 0 amide bonds. The summed E-state index contributed by atoms with van der Waals surface area (Å²) < 4.78 is 5.38. The predicted octanol–water partition coefficient (Wildman–Crippen LogP) is 1.96. The number of aryl methyl sites for hydroxylation is 1. The quantitative estimate of drug-likeness (QED) is 0.555. The molecule has 0 aliphatic carbocycles. The summed E-state index contributed by atoms with van der Waals surface area (Å²) >= 11 is 0. The van der Waals surface area contributed by atoms with Gasteiger partial charge in [-0.2, -0.15) is 4.98 Å². The first-order valence-corrected chi connectivity index (χ1v) is 6.61. The Labute approximate surface area is 118 Å². The van der Waals surface area contributed by atoms with Crippen molar-refractivity contribution in [3.05, 3.63) is 15.8 Å². The molecule has 1 atom stereocenters. The van der Waals surface area contributed by atoms with Crippen molar-refractivity contribution in [3.63, 3.8) is 0 Å². The molecule has 0 spiro atoms. The van der Waals surface area contributed by atoms with Crippen LogP contribution in [-0.2, 0) is 4.74 Å². The van der Waals surface area contributed by atoms with Gasteiger partial charge in [0.1, 0.15) is 5.69 Å². The van der Waals surface area contributed by atoms with Crippen LogP contribution in [0.3, 0.4) is 0 Å². The maximum atomic E-state index is 11.1. The van der Waals surface area contributed by atoms with E-state index in [2.05, 4.69) is 20.6 Å². The van der Waals surface area contributed by atoms with Crippen molar-refractivity contribution in [2.24, 2.45) is 0 Å². The van der Waals surface area contributed by atoms with Crippen molar-refractivity contribution in [2.75, 3.05) is 30.3 Å². The summed E-state index contributed by atoms with van der Waals surface area (Å²) in [5, 5.41) is 17.0. The van der Waals surface area contributed by atoms with Crippen LogP contribution in [0.4, 0.5) is 17.5 Å². The summed E-state index contributed by atoms with van der Waals surface area (Å²) in [6.07, 6.45) is -0.0579. The standard InChI is InChI=1S/C12H21N5O3/c1-5-13-12-15-9(4)10(17(18)19)11(16-12)14-7-8(3)20-6-2/h8H,5-7H2,1-4H3,(H2,13,14,15,16). The first-order valence-electron chi connectivity index (χ1n) is 6.61. The number of hydrogen-bond acceptors (Lipinski definition) is 7. The van der Waals surface area contributed by atoms with E-state index in [1.165, 1.54) is 0 Å². The summed E-state index contributed by atoms with van der Waals surface area (Å²) in [7, 11) is 0. The van der Waals surface area contributed by atoms with Gasteiger partial charge in [-0.1, -0.05) is 0 Å². The third-order valence-electron chi connectivity index (χ3n) is 2.58. The Balaban J connectivity index is 2.97. The Morgan fingerprint density at radius 1 is 1.35 bits per heavy atom. The van der Waals surface area contributed by atoms with E-state index in [0.717, 1.165) is 0 Å². The van der Waals surface area contributed by atoms with E-state index in [9.17, 15) is 10.1 Å². The van der Waals surface area contributed by atoms with E-state index in [0.29, 0.717) is 31.3 Å². The molecular weight excluding hydrogens is 262 g/mol. The topological polar surface area (TPSA) is 102 Å². The molecule has 1 heterocycles. The minimum absolute atomic E-state index is 0.0579. The molecule has 0 fully saturated rings. The van der Waals surface area contributed by atoms with Crippen molar-refractivity contribution in [1.29, 1.82) is 0 Å². The van der Waals surface area contributed by atoms with Crippen molar-refractivity contribution < 1.29 is 9.66 Å². The van der Waals surface area contributed by atoms with Crippen molar-refractivity contribution in [2.45, 2.75) is 33.8 Å². The lowest BCUT2D eigenvalue weighted by molar-refractivity contribution is -0.385. The van der Waals surface area contributed by atoms with Crippen LogP contribution in [0.25, 0.3) is 0 Å². The second-order valence-electron chi connectivity index (χ2n) is 4.26. The summed E-state index contributed by atoms with van der Waals surface area (Å²) in [4.78, 5) is 18.9. The van der Waals surface area contributed by atoms with Gasteiger partial charge in [0, 0.05) is 19.7 Å². The Morgan fingerprint density at radius 3 is 2.60 bits per heavy atom. The molecule has 1 aromatic rings. The van der Waals surface area contributed by atoms with Crippen LogP contribution in [0.15, 0.2) is 0 Å². The highest BCUT2D eigenvalue weighted by Crippen LogP contribution is 2.26. The highest BCUT2D eigenvalue weighted by molar-refractivity contribution is 5.60. The van der Waals surface area contributed by atoms with Gasteiger partial charge in [-0.25, -0.2) is 4.98 Å². The van der Waals surface area contributed by atoms with Gasteiger partial charge in [-0.3, -0.25) is 10.1 Å². The van der Waals surface area contributed by atoms with E-state index in [1.54, 1.807) is 6.92 Å². The van der Waals surface area contributed by atoms with Crippen LogP contribution in [0.1, 0.15) is 26.5 Å². The summed E-state index contributed by atoms with van der Waals surface area (Å²) in [6, 6.07) is 0.